The van der Waals surface area contributed by atoms with Crippen LogP contribution in [-0.2, 0) is 6.54 Å². The molecule has 0 aliphatic carbocycles. The van der Waals surface area contributed by atoms with Gasteiger partial charge in [-0.2, -0.15) is 0 Å². The van der Waals surface area contributed by atoms with E-state index in [1.165, 1.54) is 25.7 Å². The Bertz CT molecular complexity index is 376. The molecule has 0 radical (unpaired) electrons. The lowest BCUT2D eigenvalue weighted by atomic mass is 10.2. The van der Waals surface area contributed by atoms with Crippen molar-refractivity contribution in [1.29, 1.82) is 0 Å². The van der Waals surface area contributed by atoms with Gasteiger partial charge in [0.25, 0.3) is 0 Å². The van der Waals surface area contributed by atoms with E-state index in [2.05, 4.69) is 9.89 Å². The minimum Gasteiger partial charge on any atom is -0.467 e. The molecule has 1 fully saturated rings. The predicted molar refractivity (Wildman–Crippen MR) is 68.8 cm³/mol. The van der Waals surface area contributed by atoms with Gasteiger partial charge in [-0.3, -0.25) is 0 Å². The molecule has 0 bridgehead atoms. The first-order valence-electron chi connectivity index (χ1n) is 6.35. The molecule has 2 heterocycles. The van der Waals surface area contributed by atoms with Gasteiger partial charge in [-0.05, 0) is 31.4 Å². The maximum atomic E-state index is 6.02. The number of nitrogens with two attached hydrogens (primary N) is 1. The molecule has 94 valence electrons. The maximum absolute atomic E-state index is 6.02. The Labute approximate surface area is 102 Å². The molecule has 4 nitrogen and oxygen atoms in total. The van der Waals surface area contributed by atoms with Crippen molar-refractivity contribution in [2.45, 2.75) is 39.2 Å². The normalized spacial score (nSPS) is 18.2. The molecule has 0 aromatic carbocycles. The molecule has 0 amide bonds. The highest BCUT2D eigenvalue weighted by Gasteiger charge is 2.11. The summed E-state index contributed by atoms with van der Waals surface area (Å²) in [4.78, 5) is 6.61. The Morgan fingerprint density at radius 2 is 2.06 bits per heavy atom. The number of aliphatic imine (C=N–C) groups is 1. The number of likely N-dealkylation sites (tertiary alicyclic amines) is 1. The average Bonchev–Trinajstić information content (AvgIpc) is 2.58. The van der Waals surface area contributed by atoms with E-state index in [0.717, 1.165) is 24.4 Å². The number of rotatable bonds is 2. The van der Waals surface area contributed by atoms with Crippen molar-refractivity contribution in [3.05, 3.63) is 23.7 Å². The van der Waals surface area contributed by atoms with Crippen LogP contribution in [0.1, 0.15) is 37.0 Å². The minimum absolute atomic E-state index is 0.543. The smallest absolute Gasteiger partial charge is 0.191 e. The molecule has 2 rings (SSSR count). The molecule has 2 N–H and O–H groups in total. The number of hydrogen-bond acceptors (Lipinski definition) is 2. The van der Waals surface area contributed by atoms with Crippen molar-refractivity contribution >= 4 is 5.96 Å². The lowest BCUT2D eigenvalue weighted by Gasteiger charge is -2.20. The van der Waals surface area contributed by atoms with Gasteiger partial charge in [0, 0.05) is 13.1 Å². The first-order chi connectivity index (χ1) is 8.27. The van der Waals surface area contributed by atoms with Crippen LogP contribution < -0.4 is 5.73 Å². The highest BCUT2D eigenvalue weighted by atomic mass is 16.3. The van der Waals surface area contributed by atoms with Crippen molar-refractivity contribution in [2.75, 3.05) is 13.1 Å². The summed E-state index contributed by atoms with van der Waals surface area (Å²) in [6, 6.07) is 1.95. The monoisotopic (exact) mass is 235 g/mol. The topological polar surface area (TPSA) is 54.8 Å². The van der Waals surface area contributed by atoms with Crippen molar-refractivity contribution < 1.29 is 4.42 Å². The van der Waals surface area contributed by atoms with E-state index in [4.69, 9.17) is 10.2 Å². The van der Waals surface area contributed by atoms with Crippen molar-refractivity contribution in [1.82, 2.24) is 4.90 Å². The van der Waals surface area contributed by atoms with E-state index >= 15 is 0 Å². The zero-order chi connectivity index (χ0) is 12.1. The van der Waals surface area contributed by atoms with Crippen LogP contribution in [-0.4, -0.2) is 23.9 Å². The Kier molecular flexibility index (Phi) is 4.07. The second kappa shape index (κ2) is 5.75. The van der Waals surface area contributed by atoms with Crippen molar-refractivity contribution in [3.63, 3.8) is 0 Å². The van der Waals surface area contributed by atoms with E-state index in [9.17, 15) is 0 Å². The molecule has 1 aromatic heterocycles. The van der Waals surface area contributed by atoms with Crippen LogP contribution in [0.15, 0.2) is 21.7 Å². The number of hydrogen-bond donors (Lipinski definition) is 1. The average molecular weight is 235 g/mol. The fraction of sp³-hybridized carbons (Fsp3) is 0.615. The van der Waals surface area contributed by atoms with Crippen molar-refractivity contribution in [2.24, 2.45) is 10.7 Å². The Balaban J connectivity index is 1.94. The van der Waals surface area contributed by atoms with Gasteiger partial charge in [0.15, 0.2) is 5.96 Å². The van der Waals surface area contributed by atoms with Gasteiger partial charge in [-0.1, -0.05) is 12.8 Å². The van der Waals surface area contributed by atoms with Gasteiger partial charge in [-0.25, -0.2) is 4.99 Å². The molecule has 1 aliphatic rings. The van der Waals surface area contributed by atoms with Gasteiger partial charge in [0.2, 0.25) is 0 Å². The largest absolute Gasteiger partial charge is 0.467 e. The van der Waals surface area contributed by atoms with Crippen LogP contribution in [0, 0.1) is 6.92 Å². The number of nitrogens with zero attached hydrogens (tertiary/aromatic N) is 2. The van der Waals surface area contributed by atoms with E-state index in [-0.39, 0.29) is 0 Å². The lowest BCUT2D eigenvalue weighted by molar-refractivity contribution is 0.426. The molecule has 17 heavy (non-hydrogen) atoms. The molecule has 1 saturated heterocycles. The Morgan fingerprint density at radius 1 is 1.35 bits per heavy atom. The maximum Gasteiger partial charge on any atom is 0.191 e. The number of aryl methyl sites for hydroxylation is 1. The molecule has 4 heteroatoms. The summed E-state index contributed by atoms with van der Waals surface area (Å²) in [6.07, 6.45) is 6.75. The Hall–Kier alpha value is -1.45. The van der Waals surface area contributed by atoms with Gasteiger partial charge in [-0.15, -0.1) is 0 Å². The summed E-state index contributed by atoms with van der Waals surface area (Å²) < 4.78 is 5.35. The van der Waals surface area contributed by atoms with E-state index in [1.54, 1.807) is 6.26 Å². The summed E-state index contributed by atoms with van der Waals surface area (Å²) in [6.45, 7) is 4.64. The van der Waals surface area contributed by atoms with Gasteiger partial charge >= 0.3 is 0 Å². The molecule has 0 spiro atoms. The molecule has 0 atom stereocenters. The van der Waals surface area contributed by atoms with Crippen molar-refractivity contribution in [3.8, 4) is 0 Å². The summed E-state index contributed by atoms with van der Waals surface area (Å²) in [5, 5.41) is 0. The van der Waals surface area contributed by atoms with Crippen LogP contribution in [0.4, 0.5) is 0 Å². The van der Waals surface area contributed by atoms with E-state index < -0.39 is 0 Å². The van der Waals surface area contributed by atoms with Gasteiger partial charge in [0.05, 0.1) is 6.26 Å². The van der Waals surface area contributed by atoms with Crippen LogP contribution in [0.2, 0.25) is 0 Å². The summed E-state index contributed by atoms with van der Waals surface area (Å²) in [5.41, 5.74) is 7.16. The number of furan rings is 1. The standard InChI is InChI=1S/C13H21N3O/c1-11-6-9-17-12(11)10-15-13(14)16-7-4-2-3-5-8-16/h6,9H,2-5,7-8,10H2,1H3,(H2,14,15). The molecule has 1 aromatic rings. The second-order valence-electron chi connectivity index (χ2n) is 4.60. The second-order valence-corrected chi connectivity index (χ2v) is 4.60. The Morgan fingerprint density at radius 3 is 2.65 bits per heavy atom. The summed E-state index contributed by atoms with van der Waals surface area (Å²) >= 11 is 0. The van der Waals surface area contributed by atoms with Crippen LogP contribution in [0.5, 0.6) is 0 Å². The zero-order valence-corrected chi connectivity index (χ0v) is 10.5. The lowest BCUT2D eigenvalue weighted by Crippen LogP contribution is -2.38. The highest BCUT2D eigenvalue weighted by molar-refractivity contribution is 5.78. The third kappa shape index (κ3) is 3.25. The third-order valence-corrected chi connectivity index (χ3v) is 3.28. The molecular formula is C13H21N3O. The fourth-order valence-electron chi connectivity index (χ4n) is 2.12. The van der Waals surface area contributed by atoms with Gasteiger partial charge in [0.1, 0.15) is 12.3 Å². The summed E-state index contributed by atoms with van der Waals surface area (Å²) in [5.74, 6) is 1.56. The fourth-order valence-corrected chi connectivity index (χ4v) is 2.12. The highest BCUT2D eigenvalue weighted by Crippen LogP contribution is 2.12. The zero-order valence-electron chi connectivity index (χ0n) is 10.5. The molecule has 1 aliphatic heterocycles. The van der Waals surface area contributed by atoms with E-state index in [0.29, 0.717) is 12.5 Å². The molecular weight excluding hydrogens is 214 g/mol. The van der Waals surface area contributed by atoms with Gasteiger partial charge < -0.3 is 15.1 Å². The first kappa shape index (κ1) is 12.0. The molecule has 0 saturated carbocycles. The predicted octanol–water partition coefficient (Wildman–Crippen LogP) is 2.28. The first-order valence-corrected chi connectivity index (χ1v) is 6.35. The van der Waals surface area contributed by atoms with Crippen LogP contribution in [0.3, 0.4) is 0 Å². The van der Waals surface area contributed by atoms with Crippen LogP contribution in [0.25, 0.3) is 0 Å². The molecule has 0 unspecified atom stereocenters. The minimum atomic E-state index is 0.543. The SMILES string of the molecule is Cc1ccoc1CN=C(N)N1CCCCCC1. The van der Waals surface area contributed by atoms with Crippen LogP contribution >= 0.6 is 0 Å². The summed E-state index contributed by atoms with van der Waals surface area (Å²) in [7, 11) is 0. The third-order valence-electron chi connectivity index (χ3n) is 3.28. The quantitative estimate of drug-likeness (QED) is 0.632. The number of guanidine groups is 1. The van der Waals surface area contributed by atoms with E-state index in [1.807, 2.05) is 13.0 Å².